The van der Waals surface area contributed by atoms with Crippen LogP contribution >= 0.6 is 0 Å². The first-order valence-corrected chi connectivity index (χ1v) is 8.97. The van der Waals surface area contributed by atoms with E-state index in [1.165, 1.54) is 6.20 Å². The van der Waals surface area contributed by atoms with Crippen molar-refractivity contribution in [1.29, 1.82) is 10.5 Å². The van der Waals surface area contributed by atoms with E-state index >= 15 is 0 Å². The van der Waals surface area contributed by atoms with Crippen molar-refractivity contribution in [3.05, 3.63) is 59.3 Å². The molecule has 1 aromatic carbocycles. The zero-order chi connectivity index (χ0) is 20.0. The van der Waals surface area contributed by atoms with E-state index in [0.717, 1.165) is 18.4 Å². The summed E-state index contributed by atoms with van der Waals surface area (Å²) < 4.78 is 5.89. The minimum absolute atomic E-state index is 0.0835. The number of amidine groups is 1. The number of aliphatic imine (C=N–C) groups is 1. The fourth-order valence-corrected chi connectivity index (χ4v) is 2.73. The molecule has 140 valence electrons. The van der Waals surface area contributed by atoms with Gasteiger partial charge in [0, 0.05) is 12.6 Å². The van der Waals surface area contributed by atoms with E-state index in [2.05, 4.69) is 21.4 Å². The van der Waals surface area contributed by atoms with E-state index in [-0.39, 0.29) is 12.5 Å². The number of nitrogens with one attached hydrogen (secondary N) is 1. The molecular formula is C21H19N5O2. The fraction of sp³-hybridized carbons (Fsp3) is 0.286. The Morgan fingerprint density at radius 1 is 1.18 bits per heavy atom. The number of hydrogen-bond donors (Lipinski definition) is 1. The SMILES string of the molecule is CCC(=Nc1ccc(C#N)cn1)NC(=O)COC1(c2ccc(C#N)cc2)CC1. The lowest BCUT2D eigenvalue weighted by atomic mass is 10.1. The molecule has 1 aliphatic carbocycles. The quantitative estimate of drug-likeness (QED) is 0.618. The first-order valence-electron chi connectivity index (χ1n) is 8.97. The van der Waals surface area contributed by atoms with Crippen LogP contribution in [0.3, 0.4) is 0 Å². The lowest BCUT2D eigenvalue weighted by molar-refractivity contribution is -0.127. The maximum absolute atomic E-state index is 12.3. The summed E-state index contributed by atoms with van der Waals surface area (Å²) in [6.07, 6.45) is 3.64. The number of pyridine rings is 1. The summed E-state index contributed by atoms with van der Waals surface area (Å²) in [7, 11) is 0. The number of rotatable bonds is 6. The summed E-state index contributed by atoms with van der Waals surface area (Å²) in [5.74, 6) is 0.622. The molecule has 1 aliphatic rings. The summed E-state index contributed by atoms with van der Waals surface area (Å²) in [5.41, 5.74) is 1.58. The van der Waals surface area contributed by atoms with Gasteiger partial charge in [0.2, 0.25) is 0 Å². The van der Waals surface area contributed by atoms with Crippen LogP contribution in [-0.2, 0) is 15.1 Å². The summed E-state index contributed by atoms with van der Waals surface area (Å²) in [4.78, 5) is 20.7. The zero-order valence-corrected chi connectivity index (χ0v) is 15.5. The third-order valence-electron chi connectivity index (χ3n) is 4.47. The molecule has 2 aromatic rings. The number of amides is 1. The second-order valence-electron chi connectivity index (χ2n) is 6.45. The number of nitriles is 2. The number of nitrogens with zero attached hydrogens (tertiary/aromatic N) is 4. The molecule has 0 bridgehead atoms. The second kappa shape index (κ2) is 8.43. The number of benzene rings is 1. The van der Waals surface area contributed by atoms with Crippen LogP contribution in [0, 0.1) is 22.7 Å². The smallest absolute Gasteiger partial charge is 0.251 e. The summed E-state index contributed by atoms with van der Waals surface area (Å²) in [6.45, 7) is 1.79. The molecule has 1 heterocycles. The van der Waals surface area contributed by atoms with E-state index < -0.39 is 5.60 Å². The molecule has 1 aromatic heterocycles. The van der Waals surface area contributed by atoms with Crippen molar-refractivity contribution in [2.24, 2.45) is 4.99 Å². The molecule has 1 fully saturated rings. The Labute approximate surface area is 163 Å². The van der Waals surface area contributed by atoms with Crippen molar-refractivity contribution < 1.29 is 9.53 Å². The highest BCUT2D eigenvalue weighted by Crippen LogP contribution is 2.49. The van der Waals surface area contributed by atoms with Gasteiger partial charge in [-0.05, 0) is 42.7 Å². The second-order valence-corrected chi connectivity index (χ2v) is 6.45. The van der Waals surface area contributed by atoms with Crippen LogP contribution in [0.2, 0.25) is 0 Å². The third-order valence-corrected chi connectivity index (χ3v) is 4.47. The maximum atomic E-state index is 12.3. The van der Waals surface area contributed by atoms with Crippen LogP contribution in [0.1, 0.15) is 42.9 Å². The van der Waals surface area contributed by atoms with Gasteiger partial charge in [-0.25, -0.2) is 9.98 Å². The lowest BCUT2D eigenvalue weighted by Crippen LogP contribution is -2.34. The Morgan fingerprint density at radius 3 is 2.39 bits per heavy atom. The van der Waals surface area contributed by atoms with E-state index in [0.29, 0.717) is 29.2 Å². The van der Waals surface area contributed by atoms with Crippen molar-refractivity contribution in [2.45, 2.75) is 31.8 Å². The van der Waals surface area contributed by atoms with Crippen LogP contribution in [0.5, 0.6) is 0 Å². The van der Waals surface area contributed by atoms with Crippen molar-refractivity contribution in [3.8, 4) is 12.1 Å². The maximum Gasteiger partial charge on any atom is 0.251 e. The van der Waals surface area contributed by atoms with Gasteiger partial charge in [0.1, 0.15) is 18.5 Å². The van der Waals surface area contributed by atoms with Crippen LogP contribution < -0.4 is 5.32 Å². The fourth-order valence-electron chi connectivity index (χ4n) is 2.73. The number of hydrogen-bond acceptors (Lipinski definition) is 6. The van der Waals surface area contributed by atoms with Gasteiger partial charge in [-0.1, -0.05) is 19.1 Å². The highest BCUT2D eigenvalue weighted by molar-refractivity contribution is 5.99. The van der Waals surface area contributed by atoms with Gasteiger partial charge in [-0.15, -0.1) is 0 Å². The highest BCUT2D eigenvalue weighted by atomic mass is 16.5. The summed E-state index contributed by atoms with van der Waals surface area (Å²) >= 11 is 0. The Hall–Kier alpha value is -3.55. The van der Waals surface area contributed by atoms with Gasteiger partial charge in [0.05, 0.1) is 22.8 Å². The highest BCUT2D eigenvalue weighted by Gasteiger charge is 2.46. The minimum atomic E-state index is -0.441. The molecule has 7 heteroatoms. The average molecular weight is 373 g/mol. The Bertz CT molecular complexity index is 962. The lowest BCUT2D eigenvalue weighted by Gasteiger charge is -2.17. The van der Waals surface area contributed by atoms with Crippen LogP contribution in [-0.4, -0.2) is 23.3 Å². The van der Waals surface area contributed by atoms with E-state index in [4.69, 9.17) is 15.3 Å². The first-order chi connectivity index (χ1) is 13.6. The molecule has 0 atom stereocenters. The van der Waals surface area contributed by atoms with Gasteiger partial charge < -0.3 is 10.1 Å². The Morgan fingerprint density at radius 2 is 1.86 bits per heavy atom. The number of carbonyl (C=O) groups excluding carboxylic acids is 1. The van der Waals surface area contributed by atoms with Crippen molar-refractivity contribution in [3.63, 3.8) is 0 Å². The minimum Gasteiger partial charge on any atom is -0.360 e. The van der Waals surface area contributed by atoms with Crippen molar-refractivity contribution in [2.75, 3.05) is 6.61 Å². The van der Waals surface area contributed by atoms with Gasteiger partial charge in [0.25, 0.3) is 5.91 Å². The molecule has 0 aliphatic heterocycles. The molecular weight excluding hydrogens is 354 g/mol. The summed E-state index contributed by atoms with van der Waals surface area (Å²) in [6, 6.07) is 14.6. The van der Waals surface area contributed by atoms with Crippen molar-refractivity contribution >= 4 is 17.6 Å². The number of carbonyl (C=O) groups is 1. The molecule has 0 saturated heterocycles. The standard InChI is InChI=1S/C21H19N5O2/c1-2-18(25-19-8-5-16(12-23)13-24-19)26-20(27)14-28-21(9-10-21)17-6-3-15(11-22)4-7-17/h3-8,13H,2,9-10,14H2,1H3,(H,24,25,26,27). The van der Waals surface area contributed by atoms with E-state index in [1.54, 1.807) is 24.3 Å². The molecule has 7 nitrogen and oxygen atoms in total. The molecule has 0 unspecified atom stereocenters. The van der Waals surface area contributed by atoms with Crippen molar-refractivity contribution in [1.82, 2.24) is 10.3 Å². The van der Waals surface area contributed by atoms with Gasteiger partial charge >= 0.3 is 0 Å². The Balaban J connectivity index is 1.58. The number of ether oxygens (including phenoxy) is 1. The predicted octanol–water partition coefficient (Wildman–Crippen LogP) is 3.09. The molecule has 1 amide bonds. The number of aromatic nitrogens is 1. The first kappa shape index (κ1) is 19.2. The van der Waals surface area contributed by atoms with Crippen LogP contribution in [0.25, 0.3) is 0 Å². The normalized spacial score (nSPS) is 14.6. The monoisotopic (exact) mass is 373 g/mol. The van der Waals surface area contributed by atoms with E-state index in [9.17, 15) is 4.79 Å². The summed E-state index contributed by atoms with van der Waals surface area (Å²) in [5, 5.41) is 20.5. The van der Waals surface area contributed by atoms with Gasteiger partial charge in [0.15, 0.2) is 5.82 Å². The van der Waals surface area contributed by atoms with Crippen LogP contribution in [0.15, 0.2) is 47.6 Å². The molecule has 3 rings (SSSR count). The van der Waals surface area contributed by atoms with E-state index in [1.807, 2.05) is 25.1 Å². The molecule has 28 heavy (non-hydrogen) atoms. The molecule has 0 radical (unpaired) electrons. The topological polar surface area (TPSA) is 111 Å². The van der Waals surface area contributed by atoms with Crippen LogP contribution in [0.4, 0.5) is 5.82 Å². The predicted molar refractivity (Wildman–Crippen MR) is 103 cm³/mol. The molecule has 1 N–H and O–H groups in total. The van der Waals surface area contributed by atoms with Gasteiger partial charge in [-0.3, -0.25) is 4.79 Å². The third kappa shape index (κ3) is 4.59. The largest absolute Gasteiger partial charge is 0.360 e. The molecule has 0 spiro atoms. The Kier molecular flexibility index (Phi) is 5.78. The molecule has 1 saturated carbocycles. The van der Waals surface area contributed by atoms with Gasteiger partial charge in [-0.2, -0.15) is 10.5 Å². The average Bonchev–Trinajstić information content (AvgIpc) is 3.53. The zero-order valence-electron chi connectivity index (χ0n) is 15.5.